The van der Waals surface area contributed by atoms with Crippen LogP contribution >= 0.6 is 0 Å². The molecule has 2 aromatic carbocycles. The molecule has 2 unspecified atom stereocenters. The number of aliphatic hydroxyl groups excluding tert-OH is 2. The molecule has 0 aliphatic carbocycles. The van der Waals surface area contributed by atoms with Crippen molar-refractivity contribution in [3.05, 3.63) is 71.3 Å². The highest BCUT2D eigenvalue weighted by atomic mass is 16.6. The lowest BCUT2D eigenvalue weighted by molar-refractivity contribution is -0.143. The van der Waals surface area contributed by atoms with E-state index < -0.39 is 48.8 Å². The number of aliphatic hydroxyl groups is 2. The van der Waals surface area contributed by atoms with Crippen LogP contribution in [0.2, 0.25) is 0 Å². The molecular weight excluding hydrogens is 462 g/mol. The van der Waals surface area contributed by atoms with Gasteiger partial charge in [0, 0.05) is 18.7 Å². The fourth-order valence-electron chi connectivity index (χ4n) is 3.51. The molecule has 2 aromatic rings. The largest absolute Gasteiger partial charge is 0.444 e. The Balaban J connectivity index is 2.42. The molecule has 192 valence electrons. The molecule has 36 heavy (non-hydrogen) atoms. The van der Waals surface area contributed by atoms with Gasteiger partial charge in [-0.25, -0.2) is 4.79 Å². The summed E-state index contributed by atoms with van der Waals surface area (Å²) in [6.07, 6.45) is 4.76. The molecule has 0 spiro atoms. The second-order valence-corrected chi connectivity index (χ2v) is 8.97. The van der Waals surface area contributed by atoms with E-state index in [4.69, 9.17) is 11.2 Å². The van der Waals surface area contributed by atoms with Crippen LogP contribution in [-0.2, 0) is 20.9 Å². The summed E-state index contributed by atoms with van der Waals surface area (Å²) in [6.45, 7) is 3.67. The third kappa shape index (κ3) is 8.12. The monoisotopic (exact) mass is 495 g/mol. The average molecular weight is 496 g/mol. The Labute approximate surface area is 211 Å². The number of carbonyl (C=O) groups is 3. The van der Waals surface area contributed by atoms with E-state index in [0.717, 1.165) is 10.5 Å². The molecule has 9 nitrogen and oxygen atoms in total. The molecule has 2 rings (SSSR count). The first kappa shape index (κ1) is 28.4. The molecule has 0 aliphatic heterocycles. The molecule has 0 aliphatic rings. The first-order valence-electron chi connectivity index (χ1n) is 11.5. The van der Waals surface area contributed by atoms with E-state index in [1.165, 1.54) is 0 Å². The van der Waals surface area contributed by atoms with Crippen molar-refractivity contribution >= 4 is 17.9 Å². The van der Waals surface area contributed by atoms with E-state index >= 15 is 0 Å². The number of rotatable bonds is 10. The molecular formula is C27H33N3O6. The Morgan fingerprint density at radius 2 is 1.69 bits per heavy atom. The van der Waals surface area contributed by atoms with Gasteiger partial charge in [-0.05, 0) is 38.0 Å². The number of alkyl carbamates (subject to hydrolysis) is 1. The van der Waals surface area contributed by atoms with Crippen molar-refractivity contribution in [3.8, 4) is 12.3 Å². The standard InChI is InChI=1S/C27H33N3O6/c1-5-20-13-9-10-14-21(20)23(24(33)28-17-19-11-7-6-8-12-19)30(15-16-31)25(34)22(18-32)29-26(35)36-27(2,3)4/h1,6-14,22-23,31-32H,15-18H2,2-4H3,(H,28,33)(H,29,35). The maximum absolute atomic E-state index is 13.5. The number of ether oxygens (including phenoxy) is 1. The third-order valence-corrected chi connectivity index (χ3v) is 5.08. The quantitative estimate of drug-likeness (QED) is 0.372. The minimum Gasteiger partial charge on any atom is -0.444 e. The maximum atomic E-state index is 13.5. The molecule has 0 heterocycles. The number of hydrogen-bond acceptors (Lipinski definition) is 6. The normalized spacial score (nSPS) is 12.6. The van der Waals surface area contributed by atoms with E-state index in [2.05, 4.69) is 16.6 Å². The lowest BCUT2D eigenvalue weighted by atomic mass is 9.97. The van der Waals surface area contributed by atoms with Crippen molar-refractivity contribution in [2.45, 2.75) is 45.0 Å². The van der Waals surface area contributed by atoms with Crippen LogP contribution in [0, 0.1) is 12.3 Å². The van der Waals surface area contributed by atoms with Crippen molar-refractivity contribution in [2.75, 3.05) is 19.8 Å². The number of nitrogens with zero attached hydrogens (tertiary/aromatic N) is 1. The zero-order valence-corrected chi connectivity index (χ0v) is 20.7. The van der Waals surface area contributed by atoms with Crippen molar-refractivity contribution < 1.29 is 29.3 Å². The van der Waals surface area contributed by atoms with Gasteiger partial charge in [-0.15, -0.1) is 6.42 Å². The van der Waals surface area contributed by atoms with Crippen LogP contribution in [0.25, 0.3) is 0 Å². The number of hydrogen-bond donors (Lipinski definition) is 4. The van der Waals surface area contributed by atoms with Gasteiger partial charge in [-0.3, -0.25) is 9.59 Å². The molecule has 0 radical (unpaired) electrons. The highest BCUT2D eigenvalue weighted by Gasteiger charge is 2.36. The van der Waals surface area contributed by atoms with Gasteiger partial charge in [-0.2, -0.15) is 0 Å². The summed E-state index contributed by atoms with van der Waals surface area (Å²) in [4.78, 5) is 40.4. The van der Waals surface area contributed by atoms with Crippen LogP contribution in [0.4, 0.5) is 4.79 Å². The Hall–Kier alpha value is -3.87. The van der Waals surface area contributed by atoms with Crippen LogP contribution in [-0.4, -0.2) is 64.4 Å². The molecule has 2 atom stereocenters. The van der Waals surface area contributed by atoms with E-state index in [9.17, 15) is 24.6 Å². The topological polar surface area (TPSA) is 128 Å². The highest BCUT2D eigenvalue weighted by molar-refractivity contribution is 5.92. The smallest absolute Gasteiger partial charge is 0.408 e. The third-order valence-electron chi connectivity index (χ3n) is 5.08. The molecule has 0 bridgehead atoms. The van der Waals surface area contributed by atoms with Gasteiger partial charge in [-0.1, -0.05) is 54.5 Å². The Morgan fingerprint density at radius 3 is 2.28 bits per heavy atom. The average Bonchev–Trinajstić information content (AvgIpc) is 2.85. The number of nitrogens with one attached hydrogen (secondary N) is 2. The first-order chi connectivity index (χ1) is 17.1. The minimum atomic E-state index is -1.42. The number of terminal acetylenes is 1. The molecule has 4 N–H and O–H groups in total. The van der Waals surface area contributed by atoms with Gasteiger partial charge in [0.1, 0.15) is 17.7 Å². The van der Waals surface area contributed by atoms with Crippen molar-refractivity contribution in [3.63, 3.8) is 0 Å². The van der Waals surface area contributed by atoms with Crippen LogP contribution < -0.4 is 10.6 Å². The summed E-state index contributed by atoms with van der Waals surface area (Å²) in [5.41, 5.74) is 0.758. The van der Waals surface area contributed by atoms with E-state index in [0.29, 0.717) is 11.1 Å². The van der Waals surface area contributed by atoms with Gasteiger partial charge in [0.2, 0.25) is 11.8 Å². The van der Waals surface area contributed by atoms with Crippen molar-refractivity contribution in [1.82, 2.24) is 15.5 Å². The molecule has 0 fully saturated rings. The van der Waals surface area contributed by atoms with E-state index in [1.807, 2.05) is 30.3 Å². The SMILES string of the molecule is C#Cc1ccccc1C(C(=O)NCc1ccccc1)N(CCO)C(=O)C(CO)NC(=O)OC(C)(C)C. The predicted octanol–water partition coefficient (Wildman–Crippen LogP) is 1.73. The van der Waals surface area contributed by atoms with Crippen molar-refractivity contribution in [2.24, 2.45) is 0 Å². The molecule has 9 heteroatoms. The molecule has 3 amide bonds. The number of benzene rings is 2. The van der Waals surface area contributed by atoms with Crippen molar-refractivity contribution in [1.29, 1.82) is 0 Å². The fraction of sp³-hybridized carbons (Fsp3) is 0.370. The van der Waals surface area contributed by atoms with E-state index in [-0.39, 0.29) is 13.1 Å². The van der Waals surface area contributed by atoms with E-state index in [1.54, 1.807) is 45.0 Å². The van der Waals surface area contributed by atoms with Gasteiger partial charge in [0.05, 0.1) is 13.2 Å². The van der Waals surface area contributed by atoms with Gasteiger partial charge in [0.25, 0.3) is 0 Å². The zero-order valence-electron chi connectivity index (χ0n) is 20.7. The summed E-state index contributed by atoms with van der Waals surface area (Å²) in [5, 5.41) is 24.8. The Morgan fingerprint density at radius 1 is 1.06 bits per heavy atom. The molecule has 0 saturated heterocycles. The second kappa shape index (κ2) is 13.3. The lowest BCUT2D eigenvalue weighted by Gasteiger charge is -2.34. The van der Waals surface area contributed by atoms with Crippen LogP contribution in [0.15, 0.2) is 54.6 Å². The Bertz CT molecular complexity index is 1070. The first-order valence-corrected chi connectivity index (χ1v) is 11.5. The minimum absolute atomic E-state index is 0.190. The molecule has 0 aromatic heterocycles. The second-order valence-electron chi connectivity index (χ2n) is 8.97. The summed E-state index contributed by atoms with van der Waals surface area (Å²) < 4.78 is 5.19. The summed E-state index contributed by atoms with van der Waals surface area (Å²) in [6, 6.07) is 13.2. The fourth-order valence-corrected chi connectivity index (χ4v) is 3.51. The maximum Gasteiger partial charge on any atom is 0.408 e. The van der Waals surface area contributed by atoms with Crippen LogP contribution in [0.5, 0.6) is 0 Å². The Kier molecular flexibility index (Phi) is 10.5. The summed E-state index contributed by atoms with van der Waals surface area (Å²) in [7, 11) is 0. The summed E-state index contributed by atoms with van der Waals surface area (Å²) >= 11 is 0. The predicted molar refractivity (Wildman–Crippen MR) is 134 cm³/mol. The lowest BCUT2D eigenvalue weighted by Crippen LogP contribution is -2.55. The highest BCUT2D eigenvalue weighted by Crippen LogP contribution is 2.25. The van der Waals surface area contributed by atoms with Crippen LogP contribution in [0.3, 0.4) is 0 Å². The number of amides is 3. The number of carbonyl (C=O) groups excluding carboxylic acids is 3. The van der Waals surface area contributed by atoms with Gasteiger partial charge in [0.15, 0.2) is 0 Å². The molecule has 0 saturated carbocycles. The van der Waals surface area contributed by atoms with Crippen LogP contribution in [0.1, 0.15) is 43.5 Å². The zero-order chi connectivity index (χ0) is 26.7. The summed E-state index contributed by atoms with van der Waals surface area (Å²) in [5.74, 6) is 1.19. The van der Waals surface area contributed by atoms with Gasteiger partial charge >= 0.3 is 6.09 Å². The van der Waals surface area contributed by atoms with Gasteiger partial charge < -0.3 is 30.5 Å².